The summed E-state index contributed by atoms with van der Waals surface area (Å²) in [5.41, 5.74) is 1.38. The SMILES string of the molecule is CCCN(CCCCCNC(=O)C12CC3CC(CC(C3)C1)C2)CCc1ccc(OC)cc1.O=C(O)C(=O)O. The van der Waals surface area contributed by atoms with Crippen molar-refractivity contribution < 1.29 is 29.3 Å². The van der Waals surface area contributed by atoms with Gasteiger partial charge in [0.05, 0.1) is 7.11 Å². The van der Waals surface area contributed by atoms with Gasteiger partial charge in [-0.3, -0.25) is 4.79 Å². The summed E-state index contributed by atoms with van der Waals surface area (Å²) in [5.74, 6) is 0.196. The van der Waals surface area contributed by atoms with E-state index >= 15 is 0 Å². The van der Waals surface area contributed by atoms with Crippen molar-refractivity contribution in [1.29, 1.82) is 0 Å². The van der Waals surface area contributed by atoms with Gasteiger partial charge in [0, 0.05) is 18.5 Å². The van der Waals surface area contributed by atoms with E-state index in [2.05, 4.69) is 41.4 Å². The molecule has 5 rings (SSSR count). The largest absolute Gasteiger partial charge is 0.497 e. The summed E-state index contributed by atoms with van der Waals surface area (Å²) in [4.78, 5) is 33.9. The van der Waals surface area contributed by atoms with Gasteiger partial charge in [-0.15, -0.1) is 0 Å². The number of hydrogen-bond donors (Lipinski definition) is 3. The third-order valence-corrected chi connectivity index (χ3v) is 8.56. The Balaban J connectivity index is 0.000000599. The maximum Gasteiger partial charge on any atom is 0.414 e. The molecule has 38 heavy (non-hydrogen) atoms. The summed E-state index contributed by atoms with van der Waals surface area (Å²) in [7, 11) is 1.71. The summed E-state index contributed by atoms with van der Waals surface area (Å²) < 4.78 is 5.26. The maximum atomic E-state index is 13.1. The van der Waals surface area contributed by atoms with E-state index in [1.54, 1.807) is 7.11 Å². The Morgan fingerprint density at radius 3 is 1.97 bits per heavy atom. The first-order valence-electron chi connectivity index (χ1n) is 14.3. The third-order valence-electron chi connectivity index (χ3n) is 8.56. The highest BCUT2D eigenvalue weighted by molar-refractivity contribution is 6.27. The van der Waals surface area contributed by atoms with Crippen molar-refractivity contribution in [2.75, 3.05) is 33.3 Å². The van der Waals surface area contributed by atoms with E-state index in [9.17, 15) is 4.79 Å². The number of nitrogens with one attached hydrogen (secondary N) is 1. The minimum atomic E-state index is -1.82. The molecule has 0 atom stereocenters. The van der Waals surface area contributed by atoms with Crippen LogP contribution in [0.25, 0.3) is 0 Å². The van der Waals surface area contributed by atoms with Crippen molar-refractivity contribution in [1.82, 2.24) is 10.2 Å². The molecule has 0 radical (unpaired) electrons. The van der Waals surface area contributed by atoms with Gasteiger partial charge in [0.1, 0.15) is 5.75 Å². The molecule has 0 unspecified atom stereocenters. The molecular weight excluding hydrogens is 484 g/mol. The minimum absolute atomic E-state index is 0.00807. The predicted octanol–water partition coefficient (Wildman–Crippen LogP) is 4.61. The zero-order valence-electron chi connectivity index (χ0n) is 23.1. The summed E-state index contributed by atoms with van der Waals surface area (Å²) in [6.07, 6.45) is 13.5. The number of benzene rings is 1. The smallest absolute Gasteiger partial charge is 0.414 e. The van der Waals surface area contributed by atoms with Crippen LogP contribution in [0.4, 0.5) is 0 Å². The number of hydrogen-bond acceptors (Lipinski definition) is 5. The highest BCUT2D eigenvalue weighted by Crippen LogP contribution is 2.60. The van der Waals surface area contributed by atoms with Gasteiger partial charge in [-0.1, -0.05) is 25.5 Å². The van der Waals surface area contributed by atoms with Crippen LogP contribution in [0.2, 0.25) is 0 Å². The van der Waals surface area contributed by atoms with Gasteiger partial charge in [0.2, 0.25) is 5.91 Å². The highest BCUT2D eigenvalue weighted by Gasteiger charge is 2.54. The molecule has 4 aliphatic rings. The van der Waals surface area contributed by atoms with Gasteiger partial charge in [-0.2, -0.15) is 0 Å². The van der Waals surface area contributed by atoms with Crippen LogP contribution in [0.15, 0.2) is 24.3 Å². The molecule has 4 aliphatic carbocycles. The summed E-state index contributed by atoms with van der Waals surface area (Å²) >= 11 is 0. The van der Waals surface area contributed by atoms with Gasteiger partial charge < -0.3 is 25.2 Å². The molecular formula is C30H46N2O6. The van der Waals surface area contributed by atoms with Gasteiger partial charge in [-0.25, -0.2) is 9.59 Å². The Kier molecular flexibility index (Phi) is 11.4. The lowest BCUT2D eigenvalue weighted by molar-refractivity contribution is -0.159. The Bertz CT molecular complexity index is 869. The van der Waals surface area contributed by atoms with Crippen LogP contribution in [-0.4, -0.2) is 66.2 Å². The molecule has 4 saturated carbocycles. The number of carboxylic acids is 2. The number of amides is 1. The van der Waals surface area contributed by atoms with Crippen molar-refractivity contribution in [3.05, 3.63) is 29.8 Å². The molecule has 0 aromatic heterocycles. The molecule has 4 fully saturated rings. The van der Waals surface area contributed by atoms with E-state index in [1.165, 1.54) is 69.9 Å². The number of methoxy groups -OCH3 is 1. The van der Waals surface area contributed by atoms with Crippen LogP contribution in [-0.2, 0) is 20.8 Å². The molecule has 1 aromatic rings. The van der Waals surface area contributed by atoms with E-state index < -0.39 is 11.9 Å². The molecule has 8 heteroatoms. The van der Waals surface area contributed by atoms with Crippen molar-refractivity contribution in [2.24, 2.45) is 23.2 Å². The van der Waals surface area contributed by atoms with E-state index in [4.69, 9.17) is 24.5 Å². The molecule has 0 spiro atoms. The van der Waals surface area contributed by atoms with Crippen molar-refractivity contribution >= 4 is 17.8 Å². The van der Waals surface area contributed by atoms with Gasteiger partial charge in [0.25, 0.3) is 0 Å². The third kappa shape index (κ3) is 8.72. The average Bonchev–Trinajstić information content (AvgIpc) is 2.88. The first-order valence-corrected chi connectivity index (χ1v) is 14.3. The normalized spacial score (nSPS) is 25.0. The molecule has 3 N–H and O–H groups in total. The number of carboxylic acid groups (broad SMARTS) is 2. The average molecular weight is 531 g/mol. The fourth-order valence-electron chi connectivity index (χ4n) is 7.15. The van der Waals surface area contributed by atoms with Crippen LogP contribution in [0.1, 0.15) is 76.7 Å². The van der Waals surface area contributed by atoms with E-state index in [-0.39, 0.29) is 5.41 Å². The number of nitrogens with zero attached hydrogens (tertiary/aromatic N) is 1. The monoisotopic (exact) mass is 530 g/mol. The molecule has 0 heterocycles. The zero-order chi connectivity index (χ0) is 27.5. The second kappa shape index (κ2) is 14.5. The molecule has 1 aromatic carbocycles. The lowest BCUT2D eigenvalue weighted by Crippen LogP contribution is -2.53. The Morgan fingerprint density at radius 1 is 0.895 bits per heavy atom. The number of carbonyl (C=O) groups excluding carboxylic acids is 1. The fourth-order valence-corrected chi connectivity index (χ4v) is 7.15. The van der Waals surface area contributed by atoms with Crippen LogP contribution in [0.3, 0.4) is 0 Å². The van der Waals surface area contributed by atoms with Gasteiger partial charge in [0.15, 0.2) is 0 Å². The Morgan fingerprint density at radius 2 is 1.47 bits per heavy atom. The number of carbonyl (C=O) groups is 3. The number of unbranched alkanes of at least 4 members (excludes halogenated alkanes) is 2. The van der Waals surface area contributed by atoms with E-state index in [0.717, 1.165) is 56.0 Å². The molecule has 8 nitrogen and oxygen atoms in total. The summed E-state index contributed by atoms with van der Waals surface area (Å²) in [6.45, 7) is 6.56. The Labute approximate surface area is 227 Å². The van der Waals surface area contributed by atoms with Crippen LogP contribution in [0, 0.1) is 23.2 Å². The van der Waals surface area contributed by atoms with Gasteiger partial charge in [-0.05, 0) is 113 Å². The fraction of sp³-hybridized carbons (Fsp3) is 0.700. The first kappa shape index (κ1) is 29.9. The highest BCUT2D eigenvalue weighted by atomic mass is 16.5. The van der Waals surface area contributed by atoms with Crippen molar-refractivity contribution in [3.63, 3.8) is 0 Å². The number of aliphatic carboxylic acids is 2. The van der Waals surface area contributed by atoms with E-state index in [1.807, 2.05) is 0 Å². The van der Waals surface area contributed by atoms with Crippen LogP contribution in [0.5, 0.6) is 5.75 Å². The van der Waals surface area contributed by atoms with E-state index in [0.29, 0.717) is 5.91 Å². The van der Waals surface area contributed by atoms with Gasteiger partial charge >= 0.3 is 11.9 Å². The molecule has 212 valence electrons. The first-order chi connectivity index (χ1) is 18.2. The zero-order valence-corrected chi connectivity index (χ0v) is 23.1. The number of rotatable bonds is 13. The van der Waals surface area contributed by atoms with Crippen LogP contribution < -0.4 is 10.1 Å². The Hall–Kier alpha value is -2.61. The molecule has 0 saturated heterocycles. The lowest BCUT2D eigenvalue weighted by atomic mass is 9.49. The molecule has 4 bridgehead atoms. The summed E-state index contributed by atoms with van der Waals surface area (Å²) in [5, 5.41) is 18.1. The van der Waals surface area contributed by atoms with Crippen LogP contribution >= 0.6 is 0 Å². The van der Waals surface area contributed by atoms with Crippen molar-refractivity contribution in [2.45, 2.75) is 77.6 Å². The maximum absolute atomic E-state index is 13.1. The summed E-state index contributed by atoms with van der Waals surface area (Å²) in [6, 6.07) is 8.46. The molecule has 1 amide bonds. The van der Waals surface area contributed by atoms with Crippen molar-refractivity contribution in [3.8, 4) is 5.75 Å². The minimum Gasteiger partial charge on any atom is -0.497 e. The molecule has 0 aliphatic heterocycles. The predicted molar refractivity (Wildman–Crippen MR) is 146 cm³/mol. The topological polar surface area (TPSA) is 116 Å². The second-order valence-corrected chi connectivity index (χ2v) is 11.6. The standard InChI is InChI=1S/C28H44N2O2.C2H2O4/c1-3-13-30(15-11-22-7-9-26(32-2)10-8-22)14-6-4-5-12-29-27(31)28-19-23-16-24(20-28)18-25(17-23)21-28;3-1(4)2(5)6/h7-10,23-25H,3-6,11-21H2,1-2H3,(H,29,31);(H,3,4)(H,5,6). The lowest BCUT2D eigenvalue weighted by Gasteiger charge is -2.55. The second-order valence-electron chi connectivity index (χ2n) is 11.6. The quantitative estimate of drug-likeness (QED) is 0.252. The number of ether oxygens (including phenoxy) is 1.